The van der Waals surface area contributed by atoms with Crippen LogP contribution in [0.2, 0.25) is 0 Å². The molecule has 2 atom stereocenters. The number of piperidine rings is 1. The monoisotopic (exact) mass is 409 g/mol. The van der Waals surface area contributed by atoms with E-state index in [1.807, 2.05) is 15.9 Å². The highest BCUT2D eigenvalue weighted by molar-refractivity contribution is 5.94. The lowest BCUT2D eigenvalue weighted by molar-refractivity contribution is 0.0593. The number of hydrogen-bond donors (Lipinski definition) is 0. The molecule has 7 nitrogen and oxygen atoms in total. The first kappa shape index (κ1) is 19.2. The highest BCUT2D eigenvalue weighted by Crippen LogP contribution is 2.35. The summed E-state index contributed by atoms with van der Waals surface area (Å²) in [7, 11) is 0. The van der Waals surface area contributed by atoms with E-state index in [2.05, 4.69) is 0 Å². The van der Waals surface area contributed by atoms with Gasteiger partial charge in [-0.25, -0.2) is 0 Å². The zero-order valence-electron chi connectivity index (χ0n) is 17.1. The minimum Gasteiger partial charge on any atom is -0.472 e. The number of carbonyl (C=O) groups is 2. The molecular weight excluding hydrogens is 382 g/mol. The molecule has 2 saturated heterocycles. The minimum absolute atomic E-state index is 0.0257. The zero-order valence-corrected chi connectivity index (χ0v) is 17.1. The van der Waals surface area contributed by atoms with Crippen molar-refractivity contribution in [3.8, 4) is 0 Å². The van der Waals surface area contributed by atoms with Crippen molar-refractivity contribution in [3.63, 3.8) is 0 Å². The SMILES string of the molecule is O=C(c1ccoc1)N1C[C@@H]2C[C@H](C1)c1ccc(C(=O)N3CCCCCC3)c(=O)n1C2. The average molecular weight is 409 g/mol. The third kappa shape index (κ3) is 3.36. The molecule has 0 saturated carbocycles. The fraction of sp³-hybridized carbons (Fsp3) is 0.522. The van der Waals surface area contributed by atoms with Crippen LogP contribution in [0.25, 0.3) is 0 Å². The highest BCUT2D eigenvalue weighted by atomic mass is 16.3. The smallest absolute Gasteiger partial charge is 0.263 e. The Morgan fingerprint density at radius 1 is 0.900 bits per heavy atom. The summed E-state index contributed by atoms with van der Waals surface area (Å²) in [6, 6.07) is 5.32. The summed E-state index contributed by atoms with van der Waals surface area (Å²) < 4.78 is 6.85. The van der Waals surface area contributed by atoms with Gasteiger partial charge < -0.3 is 18.8 Å². The third-order valence-corrected chi connectivity index (χ3v) is 6.78. The lowest BCUT2D eigenvalue weighted by Gasteiger charge is -2.42. The van der Waals surface area contributed by atoms with Crippen LogP contribution in [-0.2, 0) is 6.54 Å². The number of aromatic nitrogens is 1. The molecule has 2 bridgehead atoms. The van der Waals surface area contributed by atoms with Crippen molar-refractivity contribution in [2.75, 3.05) is 26.2 Å². The van der Waals surface area contributed by atoms with E-state index < -0.39 is 0 Å². The number of nitrogens with zero attached hydrogens (tertiary/aromatic N) is 3. The molecule has 2 aromatic heterocycles. The van der Waals surface area contributed by atoms with Gasteiger partial charge in [0, 0.05) is 44.3 Å². The van der Waals surface area contributed by atoms with Crippen LogP contribution in [-0.4, -0.2) is 52.4 Å². The molecule has 2 amide bonds. The number of likely N-dealkylation sites (tertiary alicyclic amines) is 2. The van der Waals surface area contributed by atoms with Gasteiger partial charge in [0.25, 0.3) is 17.4 Å². The molecule has 0 aliphatic carbocycles. The predicted octanol–water partition coefficient (Wildman–Crippen LogP) is 2.72. The highest BCUT2D eigenvalue weighted by Gasteiger charge is 2.37. The Bertz CT molecular complexity index is 1000. The second-order valence-corrected chi connectivity index (χ2v) is 8.81. The van der Waals surface area contributed by atoms with Gasteiger partial charge in [0.15, 0.2) is 0 Å². The topological polar surface area (TPSA) is 75.8 Å². The molecule has 0 radical (unpaired) electrons. The largest absolute Gasteiger partial charge is 0.472 e. The number of amides is 2. The van der Waals surface area contributed by atoms with E-state index in [4.69, 9.17) is 4.42 Å². The summed E-state index contributed by atoms with van der Waals surface area (Å²) >= 11 is 0. The van der Waals surface area contributed by atoms with Gasteiger partial charge in [-0.1, -0.05) is 12.8 Å². The minimum atomic E-state index is -0.175. The van der Waals surface area contributed by atoms with E-state index >= 15 is 0 Å². The number of fused-ring (bicyclic) bond motifs is 4. The van der Waals surface area contributed by atoms with Crippen molar-refractivity contribution in [2.24, 2.45) is 5.92 Å². The van der Waals surface area contributed by atoms with Crippen molar-refractivity contribution >= 4 is 11.8 Å². The van der Waals surface area contributed by atoms with E-state index in [-0.39, 0.29) is 34.8 Å². The fourth-order valence-electron chi connectivity index (χ4n) is 5.29. The van der Waals surface area contributed by atoms with E-state index in [9.17, 15) is 14.4 Å². The first-order chi connectivity index (χ1) is 14.6. The number of hydrogen-bond acceptors (Lipinski definition) is 4. The molecular formula is C23H27N3O4. The summed E-state index contributed by atoms with van der Waals surface area (Å²) in [6.07, 6.45) is 8.25. The van der Waals surface area contributed by atoms with E-state index in [1.54, 1.807) is 16.7 Å². The van der Waals surface area contributed by atoms with Gasteiger partial charge in [0.05, 0.1) is 11.8 Å². The summed E-state index contributed by atoms with van der Waals surface area (Å²) in [5.74, 6) is 0.170. The van der Waals surface area contributed by atoms with Crippen LogP contribution in [0.3, 0.4) is 0 Å². The molecule has 7 heteroatoms. The normalized spacial score (nSPS) is 23.6. The number of pyridine rings is 1. The van der Waals surface area contributed by atoms with Gasteiger partial charge in [-0.05, 0) is 43.4 Å². The van der Waals surface area contributed by atoms with Crippen molar-refractivity contribution in [3.05, 3.63) is 57.9 Å². The summed E-state index contributed by atoms with van der Waals surface area (Å²) in [5, 5.41) is 0. The van der Waals surface area contributed by atoms with Crippen molar-refractivity contribution in [2.45, 2.75) is 44.6 Å². The Kier molecular flexibility index (Phi) is 4.97. The number of rotatable bonds is 2. The van der Waals surface area contributed by atoms with Crippen LogP contribution in [0.5, 0.6) is 0 Å². The van der Waals surface area contributed by atoms with Gasteiger partial charge in [-0.2, -0.15) is 0 Å². The molecule has 0 aromatic carbocycles. The molecule has 2 aromatic rings. The van der Waals surface area contributed by atoms with E-state index in [0.29, 0.717) is 25.2 Å². The molecule has 0 unspecified atom stereocenters. The van der Waals surface area contributed by atoms with Gasteiger partial charge >= 0.3 is 0 Å². The summed E-state index contributed by atoms with van der Waals surface area (Å²) in [5.41, 5.74) is 1.61. The van der Waals surface area contributed by atoms with Crippen molar-refractivity contribution < 1.29 is 14.0 Å². The Balaban J connectivity index is 1.40. The van der Waals surface area contributed by atoms with Crippen molar-refractivity contribution in [1.82, 2.24) is 14.4 Å². The van der Waals surface area contributed by atoms with Gasteiger partial charge in [0.1, 0.15) is 11.8 Å². The average Bonchev–Trinajstić information content (AvgIpc) is 3.16. The molecule has 5 rings (SSSR count). The maximum absolute atomic E-state index is 13.2. The Labute approximate surface area is 175 Å². The molecule has 5 heterocycles. The van der Waals surface area contributed by atoms with Crippen LogP contribution >= 0.6 is 0 Å². The molecule has 3 aliphatic rings. The Morgan fingerprint density at radius 2 is 1.70 bits per heavy atom. The zero-order chi connectivity index (χ0) is 20.7. The van der Waals surface area contributed by atoms with Crippen LogP contribution in [0, 0.1) is 5.92 Å². The molecule has 0 N–H and O–H groups in total. The molecule has 3 aliphatic heterocycles. The lowest BCUT2D eigenvalue weighted by atomic mass is 9.82. The lowest BCUT2D eigenvalue weighted by Crippen LogP contribution is -2.50. The first-order valence-electron chi connectivity index (χ1n) is 11.0. The van der Waals surface area contributed by atoms with E-state index in [1.165, 1.54) is 12.5 Å². The Hall–Kier alpha value is -2.83. The Morgan fingerprint density at radius 3 is 2.43 bits per heavy atom. The predicted molar refractivity (Wildman–Crippen MR) is 111 cm³/mol. The first-order valence-corrected chi connectivity index (χ1v) is 11.0. The van der Waals surface area contributed by atoms with Gasteiger partial charge in [0.2, 0.25) is 0 Å². The standard InChI is InChI=1S/C23H27N3O4/c27-21(17-7-10-30-15-17)25-12-16-11-18(14-25)20-6-5-19(23(29)26(20)13-16)22(28)24-8-3-1-2-4-9-24/h5-7,10,15-16,18H,1-4,8-9,11-14H2/t16-,18+/m0/s1. The second kappa shape index (κ2) is 7.78. The summed E-state index contributed by atoms with van der Waals surface area (Å²) in [4.78, 5) is 42.7. The molecule has 0 spiro atoms. The fourth-order valence-corrected chi connectivity index (χ4v) is 5.29. The quantitative estimate of drug-likeness (QED) is 0.764. The van der Waals surface area contributed by atoms with Crippen LogP contribution in [0.4, 0.5) is 0 Å². The second-order valence-electron chi connectivity index (χ2n) is 8.81. The molecule has 2 fully saturated rings. The maximum Gasteiger partial charge on any atom is 0.263 e. The third-order valence-electron chi connectivity index (χ3n) is 6.78. The van der Waals surface area contributed by atoms with Crippen molar-refractivity contribution in [1.29, 1.82) is 0 Å². The maximum atomic E-state index is 13.2. The molecule has 30 heavy (non-hydrogen) atoms. The van der Waals surface area contributed by atoms with Gasteiger partial charge in [-0.3, -0.25) is 14.4 Å². The van der Waals surface area contributed by atoms with E-state index in [0.717, 1.165) is 50.9 Å². The molecule has 158 valence electrons. The van der Waals surface area contributed by atoms with Crippen LogP contribution in [0.1, 0.15) is 64.4 Å². The summed E-state index contributed by atoms with van der Waals surface area (Å²) in [6.45, 7) is 3.23. The van der Waals surface area contributed by atoms with Crippen LogP contribution < -0.4 is 5.56 Å². The van der Waals surface area contributed by atoms with Crippen LogP contribution in [0.15, 0.2) is 39.9 Å². The number of carbonyl (C=O) groups excluding carboxylic acids is 2. The van der Waals surface area contributed by atoms with Gasteiger partial charge in [-0.15, -0.1) is 0 Å². The number of furan rings is 1.